The minimum Gasteiger partial charge on any atom is -1.00 e. The minimum absolute atomic E-state index is 0. The molecule has 2 heterocycles. The Bertz CT molecular complexity index is 314. The second kappa shape index (κ2) is 10.4. The predicted octanol–water partition coefficient (Wildman–Crippen LogP) is -4.37. The smallest absolute Gasteiger partial charge is 0.176 e. The van der Waals surface area contributed by atoms with Crippen LogP contribution in [0, 0.1) is 13.8 Å². The maximum absolute atomic E-state index is 3.03. The van der Waals surface area contributed by atoms with E-state index in [1.807, 2.05) is 62.6 Å². The van der Waals surface area contributed by atoms with Crippen LogP contribution in [0.15, 0.2) is 48.8 Å². The summed E-state index contributed by atoms with van der Waals surface area (Å²) in [4.78, 5) is 6.06. The van der Waals surface area contributed by atoms with Crippen molar-refractivity contribution in [3.05, 3.63) is 60.2 Å². The van der Waals surface area contributed by atoms with Gasteiger partial charge in [-0.05, 0) is 0 Å². The molecule has 0 spiro atoms. The van der Waals surface area contributed by atoms with E-state index < -0.39 is 0 Å². The Labute approximate surface area is 109 Å². The predicted molar refractivity (Wildman–Crippen MR) is 55.5 cm³/mol. The van der Waals surface area contributed by atoms with Gasteiger partial charge < -0.3 is 24.8 Å². The summed E-state index contributed by atoms with van der Waals surface area (Å²) < 4.78 is 0. The van der Waals surface area contributed by atoms with E-state index in [0.717, 1.165) is 0 Å². The molecule has 2 aromatic rings. The first-order valence-electron chi connectivity index (χ1n) is 4.65. The van der Waals surface area contributed by atoms with Gasteiger partial charge in [-0.1, -0.05) is 12.1 Å². The molecule has 4 heteroatoms. The molecule has 2 nitrogen and oxygen atoms in total. The van der Waals surface area contributed by atoms with Crippen LogP contribution in [0.5, 0.6) is 0 Å². The summed E-state index contributed by atoms with van der Waals surface area (Å²) >= 11 is 0. The lowest BCUT2D eigenvalue weighted by Crippen LogP contribution is -3.00. The minimum atomic E-state index is 0. The first-order valence-corrected chi connectivity index (χ1v) is 4.65. The largest absolute Gasteiger partial charge is 1.00 e. The van der Waals surface area contributed by atoms with Gasteiger partial charge in [-0.2, -0.15) is 0 Å². The zero-order valence-corrected chi connectivity index (χ0v) is 10.9. The van der Waals surface area contributed by atoms with Crippen LogP contribution in [0.25, 0.3) is 0 Å². The van der Waals surface area contributed by atoms with Gasteiger partial charge in [-0.25, -0.2) is 9.97 Å². The van der Waals surface area contributed by atoms with E-state index in [9.17, 15) is 0 Å². The average Bonchev–Trinajstić information content (AvgIpc) is 2.21. The summed E-state index contributed by atoms with van der Waals surface area (Å²) in [5, 5.41) is 0. The van der Waals surface area contributed by atoms with Gasteiger partial charge in [0.25, 0.3) is 0 Å². The lowest BCUT2D eigenvalue weighted by atomic mass is 10.4. The van der Waals surface area contributed by atoms with E-state index in [2.05, 4.69) is 9.97 Å². The van der Waals surface area contributed by atoms with Crippen LogP contribution in [0.1, 0.15) is 11.4 Å². The van der Waals surface area contributed by atoms with Crippen LogP contribution >= 0.6 is 0 Å². The molecule has 0 saturated heterocycles. The highest BCUT2D eigenvalue weighted by molar-refractivity contribution is 4.93. The second-order valence-corrected chi connectivity index (χ2v) is 3.09. The first kappa shape index (κ1) is 17.3. The fourth-order valence-electron chi connectivity index (χ4n) is 0.966. The SMILES string of the molecule is Cc1cccc[nH+]1.Cc1cccc[nH+]1.[Cl-].[Cl-]. The van der Waals surface area contributed by atoms with E-state index in [4.69, 9.17) is 0 Å². The fourth-order valence-corrected chi connectivity index (χ4v) is 0.966. The molecule has 88 valence electrons. The van der Waals surface area contributed by atoms with Crippen molar-refractivity contribution in [3.8, 4) is 0 Å². The molecule has 0 saturated carbocycles. The number of aromatic amines is 2. The van der Waals surface area contributed by atoms with Crippen LogP contribution < -0.4 is 34.8 Å². The molecular weight excluding hydrogens is 243 g/mol. The van der Waals surface area contributed by atoms with Crippen LogP contribution in [0.3, 0.4) is 0 Å². The van der Waals surface area contributed by atoms with Gasteiger partial charge in [0.05, 0.1) is 0 Å². The lowest BCUT2D eigenvalue weighted by Gasteiger charge is -1.74. The lowest BCUT2D eigenvalue weighted by molar-refractivity contribution is -0.387. The summed E-state index contributed by atoms with van der Waals surface area (Å²) in [6.07, 6.45) is 3.82. The van der Waals surface area contributed by atoms with E-state index in [-0.39, 0.29) is 24.8 Å². The number of hydrogen-bond acceptors (Lipinski definition) is 0. The van der Waals surface area contributed by atoms with Crippen LogP contribution in [0.4, 0.5) is 0 Å². The zero-order valence-electron chi connectivity index (χ0n) is 9.37. The van der Waals surface area contributed by atoms with Gasteiger partial charge >= 0.3 is 0 Å². The Morgan fingerprint density at radius 2 is 1.06 bits per heavy atom. The first-order chi connectivity index (χ1) is 6.79. The van der Waals surface area contributed by atoms with Gasteiger partial charge in [0.15, 0.2) is 23.8 Å². The van der Waals surface area contributed by atoms with Gasteiger partial charge in [-0.15, -0.1) is 0 Å². The monoisotopic (exact) mass is 258 g/mol. The van der Waals surface area contributed by atoms with Crippen molar-refractivity contribution in [2.75, 3.05) is 0 Å². The highest BCUT2D eigenvalue weighted by Gasteiger charge is 1.82. The Balaban J connectivity index is 0. The van der Waals surface area contributed by atoms with Gasteiger partial charge in [0, 0.05) is 38.1 Å². The average molecular weight is 259 g/mol. The van der Waals surface area contributed by atoms with Crippen molar-refractivity contribution in [2.24, 2.45) is 0 Å². The third kappa shape index (κ3) is 8.21. The Hall–Kier alpha value is -1.12. The Morgan fingerprint density at radius 1 is 0.688 bits per heavy atom. The standard InChI is InChI=1S/2C6H7N.2ClH/c2*1-6-4-2-3-5-7-6;;/h2*2-5H,1H3;2*1H. The van der Waals surface area contributed by atoms with Crippen LogP contribution in [0.2, 0.25) is 0 Å². The maximum Gasteiger partial charge on any atom is 0.176 e. The van der Waals surface area contributed by atoms with Gasteiger partial charge in [-0.3, -0.25) is 0 Å². The Morgan fingerprint density at radius 3 is 1.19 bits per heavy atom. The molecule has 2 rings (SSSR count). The summed E-state index contributed by atoms with van der Waals surface area (Å²) in [5.74, 6) is 0. The van der Waals surface area contributed by atoms with Crippen LogP contribution in [-0.4, -0.2) is 0 Å². The van der Waals surface area contributed by atoms with Gasteiger partial charge in [0.1, 0.15) is 0 Å². The third-order valence-corrected chi connectivity index (χ3v) is 1.73. The summed E-state index contributed by atoms with van der Waals surface area (Å²) in [7, 11) is 0. The summed E-state index contributed by atoms with van der Waals surface area (Å²) in [6, 6.07) is 12.0. The zero-order chi connectivity index (χ0) is 10.2. The Kier molecular flexibility index (Phi) is 11.2. The molecule has 0 aliphatic heterocycles. The molecular formula is C12H16Cl2N2. The third-order valence-electron chi connectivity index (χ3n) is 1.73. The number of pyridine rings is 2. The van der Waals surface area contributed by atoms with Crippen molar-refractivity contribution in [3.63, 3.8) is 0 Å². The number of nitrogens with one attached hydrogen (secondary N) is 2. The molecule has 2 N–H and O–H groups in total. The molecule has 0 amide bonds. The van der Waals surface area contributed by atoms with Crippen LogP contribution in [-0.2, 0) is 0 Å². The number of rotatable bonds is 0. The number of H-pyrrole nitrogens is 2. The summed E-state index contributed by atoms with van der Waals surface area (Å²) in [6.45, 7) is 4.06. The van der Waals surface area contributed by atoms with E-state index in [1.54, 1.807) is 0 Å². The number of halogens is 2. The quantitative estimate of drug-likeness (QED) is 0.457. The normalized spacial score (nSPS) is 7.62. The van der Waals surface area contributed by atoms with Crippen molar-refractivity contribution in [1.82, 2.24) is 0 Å². The molecule has 2 aromatic heterocycles. The van der Waals surface area contributed by atoms with Gasteiger partial charge in [0.2, 0.25) is 0 Å². The summed E-state index contributed by atoms with van der Waals surface area (Å²) in [5.41, 5.74) is 2.39. The number of hydrogen-bond donors (Lipinski definition) is 0. The molecule has 0 aliphatic rings. The number of aromatic nitrogens is 2. The molecule has 0 aliphatic carbocycles. The highest BCUT2D eigenvalue weighted by atomic mass is 35.5. The topological polar surface area (TPSA) is 28.3 Å². The molecule has 0 fully saturated rings. The number of aryl methyl sites for hydroxylation is 2. The molecule has 16 heavy (non-hydrogen) atoms. The molecule has 0 radical (unpaired) electrons. The second-order valence-electron chi connectivity index (χ2n) is 3.09. The van der Waals surface area contributed by atoms with E-state index in [0.29, 0.717) is 0 Å². The molecule has 0 bridgehead atoms. The van der Waals surface area contributed by atoms with E-state index in [1.165, 1.54) is 11.4 Å². The van der Waals surface area contributed by atoms with Crippen molar-refractivity contribution < 1.29 is 34.8 Å². The maximum atomic E-state index is 3.03. The van der Waals surface area contributed by atoms with Crippen molar-refractivity contribution in [1.29, 1.82) is 0 Å². The fraction of sp³-hybridized carbons (Fsp3) is 0.167. The molecule has 0 aromatic carbocycles. The highest BCUT2D eigenvalue weighted by Crippen LogP contribution is 1.80. The molecule has 0 atom stereocenters. The van der Waals surface area contributed by atoms with E-state index >= 15 is 0 Å². The molecule has 0 unspecified atom stereocenters. The van der Waals surface area contributed by atoms with Crippen molar-refractivity contribution >= 4 is 0 Å². The van der Waals surface area contributed by atoms with Crippen molar-refractivity contribution in [2.45, 2.75) is 13.8 Å².